The Morgan fingerprint density at radius 2 is 2.36 bits per heavy atom. The van der Waals surface area contributed by atoms with Gasteiger partial charge in [0.25, 0.3) is 0 Å². The summed E-state index contributed by atoms with van der Waals surface area (Å²) in [6.07, 6.45) is 6.23. The van der Waals surface area contributed by atoms with Crippen LogP contribution in [0.4, 0.5) is 0 Å². The lowest BCUT2D eigenvalue weighted by Gasteiger charge is -2.23. The predicted molar refractivity (Wildman–Crippen MR) is 45.5 cm³/mol. The monoisotopic (exact) mass is 152 g/mol. The molecule has 0 amide bonds. The van der Waals surface area contributed by atoms with E-state index in [0.717, 1.165) is 12.5 Å². The highest BCUT2D eigenvalue weighted by atomic mass is 16.6. The van der Waals surface area contributed by atoms with E-state index in [4.69, 9.17) is 4.74 Å². The molecule has 1 heterocycles. The molecule has 0 bridgehead atoms. The van der Waals surface area contributed by atoms with Crippen LogP contribution in [0.15, 0.2) is 11.6 Å². The third kappa shape index (κ3) is 1.34. The first-order valence-electron chi connectivity index (χ1n) is 4.50. The van der Waals surface area contributed by atoms with E-state index < -0.39 is 0 Å². The Balaban J connectivity index is 1.98. The standard InChI is InChI=1S/C10H16O/c1-8-3-5-9(6-4-8)10(2)7-11-10/h3,9H,4-7H2,1-2H3/t9-,10+/m0/s1. The van der Waals surface area contributed by atoms with Crippen LogP contribution in [-0.4, -0.2) is 12.2 Å². The van der Waals surface area contributed by atoms with Crippen LogP contribution >= 0.6 is 0 Å². The topological polar surface area (TPSA) is 12.5 Å². The minimum atomic E-state index is 0.261. The van der Waals surface area contributed by atoms with Crippen molar-refractivity contribution in [1.29, 1.82) is 0 Å². The lowest BCUT2D eigenvalue weighted by Crippen LogP contribution is -2.22. The molecule has 2 atom stereocenters. The van der Waals surface area contributed by atoms with Crippen LogP contribution in [0.5, 0.6) is 0 Å². The molecule has 0 radical (unpaired) electrons. The maximum atomic E-state index is 5.44. The van der Waals surface area contributed by atoms with E-state index in [1.807, 2.05) is 0 Å². The van der Waals surface area contributed by atoms with Crippen LogP contribution < -0.4 is 0 Å². The third-order valence-electron chi connectivity index (χ3n) is 3.10. The van der Waals surface area contributed by atoms with Gasteiger partial charge in [-0.3, -0.25) is 0 Å². The van der Waals surface area contributed by atoms with Crippen LogP contribution in [0.3, 0.4) is 0 Å². The quantitative estimate of drug-likeness (QED) is 0.415. The van der Waals surface area contributed by atoms with Crippen LogP contribution in [0.1, 0.15) is 33.1 Å². The van der Waals surface area contributed by atoms with Gasteiger partial charge >= 0.3 is 0 Å². The number of rotatable bonds is 1. The summed E-state index contributed by atoms with van der Waals surface area (Å²) in [6.45, 7) is 5.46. The van der Waals surface area contributed by atoms with Crippen LogP contribution in [0, 0.1) is 5.92 Å². The highest BCUT2D eigenvalue weighted by molar-refractivity contribution is 5.08. The smallest absolute Gasteiger partial charge is 0.0919 e. The van der Waals surface area contributed by atoms with Gasteiger partial charge in [-0.1, -0.05) is 11.6 Å². The second-order valence-electron chi connectivity index (χ2n) is 4.12. The van der Waals surface area contributed by atoms with Gasteiger partial charge < -0.3 is 4.74 Å². The van der Waals surface area contributed by atoms with Crippen molar-refractivity contribution in [3.8, 4) is 0 Å². The van der Waals surface area contributed by atoms with Crippen molar-refractivity contribution in [1.82, 2.24) is 0 Å². The molecule has 0 saturated carbocycles. The molecule has 1 saturated heterocycles. The van der Waals surface area contributed by atoms with Crippen molar-refractivity contribution in [2.75, 3.05) is 6.61 Å². The van der Waals surface area contributed by atoms with Crippen LogP contribution in [-0.2, 0) is 4.74 Å². The van der Waals surface area contributed by atoms with E-state index in [1.165, 1.54) is 19.3 Å². The zero-order valence-electron chi connectivity index (χ0n) is 7.39. The van der Waals surface area contributed by atoms with Crippen molar-refractivity contribution in [2.24, 2.45) is 5.92 Å². The van der Waals surface area contributed by atoms with Gasteiger partial charge in [0.2, 0.25) is 0 Å². The average molecular weight is 152 g/mol. The second-order valence-corrected chi connectivity index (χ2v) is 4.12. The molecule has 62 valence electrons. The fourth-order valence-electron chi connectivity index (χ4n) is 1.87. The zero-order chi connectivity index (χ0) is 7.90. The molecule has 1 heteroatoms. The minimum Gasteiger partial charge on any atom is -0.370 e. The summed E-state index contributed by atoms with van der Waals surface area (Å²) in [5, 5.41) is 0. The molecule has 11 heavy (non-hydrogen) atoms. The molecular formula is C10H16O. The summed E-state index contributed by atoms with van der Waals surface area (Å²) in [7, 11) is 0. The number of allylic oxidation sites excluding steroid dienone is 2. The number of ether oxygens (including phenoxy) is 1. The lowest BCUT2D eigenvalue weighted by molar-refractivity contribution is 0.221. The van der Waals surface area contributed by atoms with Gasteiger partial charge in [-0.15, -0.1) is 0 Å². The molecule has 0 unspecified atom stereocenters. The van der Waals surface area contributed by atoms with Gasteiger partial charge in [-0.2, -0.15) is 0 Å². The summed E-state index contributed by atoms with van der Waals surface area (Å²) in [5.74, 6) is 0.797. The van der Waals surface area contributed by atoms with Gasteiger partial charge in [0.15, 0.2) is 0 Å². The second kappa shape index (κ2) is 2.34. The molecule has 1 nitrogen and oxygen atoms in total. The van der Waals surface area contributed by atoms with Crippen molar-refractivity contribution in [2.45, 2.75) is 38.7 Å². The summed E-state index contributed by atoms with van der Waals surface area (Å²) in [4.78, 5) is 0. The van der Waals surface area contributed by atoms with Crippen molar-refractivity contribution < 1.29 is 4.74 Å². The van der Waals surface area contributed by atoms with Crippen molar-refractivity contribution in [3.05, 3.63) is 11.6 Å². The molecule has 1 aliphatic heterocycles. The fraction of sp³-hybridized carbons (Fsp3) is 0.800. The maximum absolute atomic E-state index is 5.44. The molecular weight excluding hydrogens is 136 g/mol. The molecule has 1 fully saturated rings. The van der Waals surface area contributed by atoms with Gasteiger partial charge in [-0.05, 0) is 39.0 Å². The van der Waals surface area contributed by atoms with E-state index in [0.29, 0.717) is 0 Å². The Hall–Kier alpha value is -0.300. The number of hydrogen-bond donors (Lipinski definition) is 0. The highest BCUT2D eigenvalue weighted by Crippen LogP contribution is 2.42. The van der Waals surface area contributed by atoms with E-state index in [9.17, 15) is 0 Å². The van der Waals surface area contributed by atoms with Gasteiger partial charge in [0, 0.05) is 0 Å². The number of epoxide rings is 1. The lowest BCUT2D eigenvalue weighted by atomic mass is 9.82. The summed E-state index contributed by atoms with van der Waals surface area (Å²) < 4.78 is 5.44. The Morgan fingerprint density at radius 1 is 1.64 bits per heavy atom. The third-order valence-corrected chi connectivity index (χ3v) is 3.10. The van der Waals surface area contributed by atoms with Crippen molar-refractivity contribution >= 4 is 0 Å². The first-order chi connectivity index (χ1) is 5.21. The van der Waals surface area contributed by atoms with E-state index >= 15 is 0 Å². The Kier molecular flexibility index (Phi) is 1.57. The molecule has 0 spiro atoms. The van der Waals surface area contributed by atoms with Gasteiger partial charge in [-0.25, -0.2) is 0 Å². The molecule has 0 aromatic carbocycles. The Morgan fingerprint density at radius 3 is 2.82 bits per heavy atom. The van der Waals surface area contributed by atoms with E-state index in [1.54, 1.807) is 5.57 Å². The Labute approximate surface area is 68.4 Å². The largest absolute Gasteiger partial charge is 0.370 e. The number of hydrogen-bond acceptors (Lipinski definition) is 1. The van der Waals surface area contributed by atoms with Gasteiger partial charge in [0.1, 0.15) is 0 Å². The summed E-state index contributed by atoms with van der Waals surface area (Å²) in [6, 6.07) is 0. The minimum absolute atomic E-state index is 0.261. The maximum Gasteiger partial charge on any atom is 0.0919 e. The molecule has 2 rings (SSSR count). The average Bonchev–Trinajstić information content (AvgIpc) is 2.70. The highest BCUT2D eigenvalue weighted by Gasteiger charge is 2.46. The first kappa shape index (κ1) is 7.35. The first-order valence-corrected chi connectivity index (χ1v) is 4.50. The molecule has 0 N–H and O–H groups in total. The molecule has 1 aliphatic carbocycles. The summed E-state index contributed by atoms with van der Waals surface area (Å²) >= 11 is 0. The van der Waals surface area contributed by atoms with Gasteiger partial charge in [0.05, 0.1) is 12.2 Å². The molecule has 2 aliphatic rings. The zero-order valence-corrected chi connectivity index (χ0v) is 7.39. The predicted octanol–water partition coefficient (Wildman–Crippen LogP) is 2.52. The SMILES string of the molecule is CC1=CC[C@H]([C@@]2(C)CO2)CC1. The normalized spacial score (nSPS) is 43.5. The Bertz CT molecular complexity index is 189. The van der Waals surface area contributed by atoms with Crippen LogP contribution in [0.2, 0.25) is 0 Å². The van der Waals surface area contributed by atoms with Crippen LogP contribution in [0.25, 0.3) is 0 Å². The molecule has 0 aromatic heterocycles. The fourth-order valence-corrected chi connectivity index (χ4v) is 1.87. The van der Waals surface area contributed by atoms with E-state index in [-0.39, 0.29) is 5.60 Å². The summed E-state index contributed by atoms with van der Waals surface area (Å²) in [5.41, 5.74) is 1.82. The van der Waals surface area contributed by atoms with Crippen molar-refractivity contribution in [3.63, 3.8) is 0 Å². The van der Waals surface area contributed by atoms with E-state index in [2.05, 4.69) is 19.9 Å². The molecule has 0 aromatic rings.